The number of nitrogen functional groups attached to an aromatic ring is 1. The molecule has 1 amide bonds. The predicted octanol–water partition coefficient (Wildman–Crippen LogP) is 1.11. The molecule has 20 heavy (non-hydrogen) atoms. The van der Waals surface area contributed by atoms with Gasteiger partial charge in [0.05, 0.1) is 13.0 Å². The van der Waals surface area contributed by atoms with Gasteiger partial charge in [0.15, 0.2) is 6.61 Å². The maximum absolute atomic E-state index is 11.4. The number of anilines is 1. The minimum Gasteiger partial charge on any atom is -0.493 e. The molecule has 0 saturated heterocycles. The number of nitrogens with one attached hydrogen (secondary N) is 1. The van der Waals surface area contributed by atoms with E-state index in [9.17, 15) is 9.59 Å². The summed E-state index contributed by atoms with van der Waals surface area (Å²) in [5, 5.41) is 2.62. The summed E-state index contributed by atoms with van der Waals surface area (Å²) in [4.78, 5) is 22.6. The van der Waals surface area contributed by atoms with Crippen LogP contribution in [0.1, 0.15) is 20.3 Å². The molecular weight excluding hydrogens is 260 g/mol. The average molecular weight is 280 g/mol. The van der Waals surface area contributed by atoms with Gasteiger partial charge in [-0.3, -0.25) is 9.59 Å². The molecule has 1 aromatic rings. The van der Waals surface area contributed by atoms with Crippen molar-refractivity contribution < 1.29 is 19.1 Å². The Hall–Kier alpha value is -2.24. The van der Waals surface area contributed by atoms with Crippen molar-refractivity contribution in [2.75, 3.05) is 18.9 Å². The number of carbonyl (C=O) groups is 2. The Morgan fingerprint density at radius 3 is 2.75 bits per heavy atom. The first-order valence-corrected chi connectivity index (χ1v) is 6.40. The molecule has 0 heterocycles. The van der Waals surface area contributed by atoms with Gasteiger partial charge in [-0.1, -0.05) is 6.07 Å². The molecular formula is C14H20N2O4. The van der Waals surface area contributed by atoms with E-state index in [0.29, 0.717) is 11.4 Å². The zero-order valence-electron chi connectivity index (χ0n) is 11.7. The molecule has 1 aromatic carbocycles. The van der Waals surface area contributed by atoms with Crippen LogP contribution in [0.2, 0.25) is 0 Å². The minimum atomic E-state index is -0.479. The largest absolute Gasteiger partial charge is 0.493 e. The lowest BCUT2D eigenvalue weighted by molar-refractivity contribution is -0.149. The number of ether oxygens (including phenoxy) is 2. The molecule has 0 spiro atoms. The van der Waals surface area contributed by atoms with Gasteiger partial charge in [-0.2, -0.15) is 0 Å². The fourth-order valence-electron chi connectivity index (χ4n) is 1.44. The first-order chi connectivity index (χ1) is 9.47. The zero-order chi connectivity index (χ0) is 15.0. The van der Waals surface area contributed by atoms with Crippen LogP contribution in [-0.2, 0) is 14.3 Å². The first-order valence-electron chi connectivity index (χ1n) is 6.40. The molecule has 0 aliphatic carbocycles. The van der Waals surface area contributed by atoms with Gasteiger partial charge in [0.1, 0.15) is 5.75 Å². The van der Waals surface area contributed by atoms with Crippen LogP contribution in [0, 0.1) is 0 Å². The van der Waals surface area contributed by atoms with Gasteiger partial charge < -0.3 is 20.5 Å². The fraction of sp³-hybridized carbons (Fsp3) is 0.429. The van der Waals surface area contributed by atoms with Gasteiger partial charge in [-0.05, 0) is 26.0 Å². The number of hydrogen-bond acceptors (Lipinski definition) is 5. The Morgan fingerprint density at radius 1 is 1.35 bits per heavy atom. The summed E-state index contributed by atoms with van der Waals surface area (Å²) < 4.78 is 10.2. The van der Waals surface area contributed by atoms with Crippen molar-refractivity contribution in [3.05, 3.63) is 24.3 Å². The number of amides is 1. The molecule has 1 rings (SSSR count). The molecule has 0 fully saturated rings. The van der Waals surface area contributed by atoms with E-state index >= 15 is 0 Å². The Morgan fingerprint density at radius 2 is 2.10 bits per heavy atom. The van der Waals surface area contributed by atoms with Crippen LogP contribution in [0.4, 0.5) is 5.69 Å². The molecule has 0 radical (unpaired) electrons. The standard InChI is InChI=1S/C14H20N2O4/c1-10(2)16-13(17)9-20-14(18)6-7-19-12-5-3-4-11(15)8-12/h3-5,8,10H,6-7,9,15H2,1-2H3,(H,16,17). The topological polar surface area (TPSA) is 90.6 Å². The van der Waals surface area contributed by atoms with Gasteiger partial charge >= 0.3 is 5.97 Å². The Kier molecular flexibility index (Phi) is 6.36. The summed E-state index contributed by atoms with van der Waals surface area (Å²) in [6, 6.07) is 6.94. The third-order valence-electron chi connectivity index (χ3n) is 2.25. The Bertz CT molecular complexity index is 460. The van der Waals surface area contributed by atoms with Crippen LogP contribution in [0.3, 0.4) is 0 Å². The number of rotatable bonds is 7. The maximum Gasteiger partial charge on any atom is 0.309 e. The summed E-state index contributed by atoms with van der Waals surface area (Å²) >= 11 is 0. The van der Waals surface area contributed by atoms with Crippen LogP contribution in [0.15, 0.2) is 24.3 Å². The maximum atomic E-state index is 11.4. The second kappa shape index (κ2) is 8.04. The molecule has 0 saturated carbocycles. The number of esters is 1. The quantitative estimate of drug-likeness (QED) is 0.576. The Labute approximate surface area is 118 Å². The molecule has 0 aromatic heterocycles. The average Bonchev–Trinajstić information content (AvgIpc) is 2.36. The van der Waals surface area contributed by atoms with Crippen molar-refractivity contribution in [3.63, 3.8) is 0 Å². The predicted molar refractivity (Wildman–Crippen MR) is 75.2 cm³/mol. The van der Waals surface area contributed by atoms with Crippen LogP contribution >= 0.6 is 0 Å². The van der Waals surface area contributed by atoms with Crippen LogP contribution in [0.25, 0.3) is 0 Å². The SMILES string of the molecule is CC(C)NC(=O)COC(=O)CCOc1cccc(N)c1. The van der Waals surface area contributed by atoms with Gasteiger partial charge in [0, 0.05) is 17.8 Å². The van der Waals surface area contributed by atoms with Gasteiger partial charge in [0.25, 0.3) is 5.91 Å². The van der Waals surface area contributed by atoms with Gasteiger partial charge in [0.2, 0.25) is 0 Å². The smallest absolute Gasteiger partial charge is 0.309 e. The highest BCUT2D eigenvalue weighted by molar-refractivity contribution is 5.80. The van der Waals surface area contributed by atoms with Crippen molar-refractivity contribution in [1.82, 2.24) is 5.32 Å². The van der Waals surface area contributed by atoms with Crippen molar-refractivity contribution >= 4 is 17.6 Å². The molecule has 6 nitrogen and oxygen atoms in total. The summed E-state index contributed by atoms with van der Waals surface area (Å²) in [5.41, 5.74) is 6.19. The van der Waals surface area contributed by atoms with E-state index in [-0.39, 0.29) is 31.6 Å². The summed E-state index contributed by atoms with van der Waals surface area (Å²) in [5.74, 6) is -0.201. The van der Waals surface area contributed by atoms with E-state index < -0.39 is 5.97 Å². The molecule has 0 bridgehead atoms. The summed E-state index contributed by atoms with van der Waals surface area (Å²) in [6.07, 6.45) is 0.0732. The van der Waals surface area contributed by atoms with E-state index in [4.69, 9.17) is 15.2 Å². The van der Waals surface area contributed by atoms with Crippen molar-refractivity contribution in [2.24, 2.45) is 0 Å². The van der Waals surface area contributed by atoms with E-state index in [0.717, 1.165) is 0 Å². The number of carbonyl (C=O) groups excluding carboxylic acids is 2. The van der Waals surface area contributed by atoms with E-state index in [2.05, 4.69) is 5.32 Å². The molecule has 0 unspecified atom stereocenters. The number of hydrogen-bond donors (Lipinski definition) is 2. The normalized spacial score (nSPS) is 10.2. The molecule has 0 aliphatic rings. The lowest BCUT2D eigenvalue weighted by atomic mass is 10.3. The highest BCUT2D eigenvalue weighted by atomic mass is 16.5. The van der Waals surface area contributed by atoms with Crippen LogP contribution in [0.5, 0.6) is 5.75 Å². The molecule has 0 atom stereocenters. The van der Waals surface area contributed by atoms with Crippen molar-refractivity contribution in [3.8, 4) is 5.75 Å². The van der Waals surface area contributed by atoms with Crippen LogP contribution < -0.4 is 15.8 Å². The van der Waals surface area contributed by atoms with Gasteiger partial charge in [-0.15, -0.1) is 0 Å². The Balaban J connectivity index is 2.19. The molecule has 3 N–H and O–H groups in total. The third-order valence-corrected chi connectivity index (χ3v) is 2.25. The summed E-state index contributed by atoms with van der Waals surface area (Å²) in [6.45, 7) is 3.57. The van der Waals surface area contributed by atoms with Gasteiger partial charge in [-0.25, -0.2) is 0 Å². The zero-order valence-corrected chi connectivity index (χ0v) is 11.7. The van der Waals surface area contributed by atoms with E-state index in [1.54, 1.807) is 24.3 Å². The van der Waals surface area contributed by atoms with Crippen LogP contribution in [-0.4, -0.2) is 31.1 Å². The van der Waals surface area contributed by atoms with E-state index in [1.807, 2.05) is 13.8 Å². The van der Waals surface area contributed by atoms with E-state index in [1.165, 1.54) is 0 Å². The fourth-order valence-corrected chi connectivity index (χ4v) is 1.44. The van der Waals surface area contributed by atoms with Crippen molar-refractivity contribution in [2.45, 2.75) is 26.3 Å². The number of benzene rings is 1. The second-order valence-corrected chi connectivity index (χ2v) is 4.55. The lowest BCUT2D eigenvalue weighted by Gasteiger charge is -2.09. The van der Waals surface area contributed by atoms with Crippen molar-refractivity contribution in [1.29, 1.82) is 0 Å². The molecule has 0 aliphatic heterocycles. The monoisotopic (exact) mass is 280 g/mol. The highest BCUT2D eigenvalue weighted by Gasteiger charge is 2.08. The molecule has 110 valence electrons. The molecule has 6 heteroatoms. The number of nitrogens with two attached hydrogens (primary N) is 1. The highest BCUT2D eigenvalue weighted by Crippen LogP contribution is 2.14. The lowest BCUT2D eigenvalue weighted by Crippen LogP contribution is -2.34. The third kappa shape index (κ3) is 6.63. The second-order valence-electron chi connectivity index (χ2n) is 4.55. The summed E-state index contributed by atoms with van der Waals surface area (Å²) in [7, 11) is 0. The minimum absolute atomic E-state index is 0.0214. The first kappa shape index (κ1) is 15.8.